The van der Waals surface area contributed by atoms with Crippen LogP contribution in [0.3, 0.4) is 0 Å². The quantitative estimate of drug-likeness (QED) is 0.943. The van der Waals surface area contributed by atoms with Crippen LogP contribution in [0.2, 0.25) is 0 Å². The van der Waals surface area contributed by atoms with Gasteiger partial charge in [0.2, 0.25) is 0 Å². The molecule has 1 aromatic heterocycles. The number of hydrogen-bond acceptors (Lipinski definition) is 4. The Bertz CT molecular complexity index is 529. The van der Waals surface area contributed by atoms with Gasteiger partial charge >= 0.3 is 0 Å². The van der Waals surface area contributed by atoms with Crippen molar-refractivity contribution < 1.29 is 14.2 Å². The largest absolute Gasteiger partial charge is 0.496 e. The van der Waals surface area contributed by atoms with E-state index in [9.17, 15) is 0 Å². The molecule has 0 radical (unpaired) electrons. The van der Waals surface area contributed by atoms with E-state index in [1.54, 1.807) is 39.7 Å². The zero-order valence-corrected chi connectivity index (χ0v) is 11.9. The molecule has 96 valence electrons. The first-order valence-electron chi connectivity index (χ1n) is 5.20. The third-order valence-electron chi connectivity index (χ3n) is 2.53. The van der Waals surface area contributed by atoms with Crippen LogP contribution in [0.25, 0.3) is 11.3 Å². The third-order valence-corrected chi connectivity index (χ3v) is 2.93. The van der Waals surface area contributed by atoms with E-state index in [1.165, 1.54) is 0 Å². The molecular weight excluding hydrogens is 300 g/mol. The first kappa shape index (κ1) is 12.8. The topological polar surface area (TPSA) is 56.4 Å². The van der Waals surface area contributed by atoms with E-state index in [0.29, 0.717) is 22.0 Å². The Morgan fingerprint density at radius 3 is 2.06 bits per heavy atom. The fourth-order valence-corrected chi connectivity index (χ4v) is 2.01. The van der Waals surface area contributed by atoms with Gasteiger partial charge in [0, 0.05) is 12.1 Å². The maximum absolute atomic E-state index is 5.37. The molecule has 2 rings (SSSR count). The lowest BCUT2D eigenvalue weighted by Crippen LogP contribution is -1.95. The van der Waals surface area contributed by atoms with Crippen molar-refractivity contribution in [3.63, 3.8) is 0 Å². The Balaban J connectivity index is 2.63. The minimum absolute atomic E-state index is 0.650. The van der Waals surface area contributed by atoms with Crippen molar-refractivity contribution >= 4 is 15.9 Å². The Morgan fingerprint density at radius 1 is 1.06 bits per heavy atom. The molecule has 0 saturated heterocycles. The van der Waals surface area contributed by atoms with Crippen molar-refractivity contribution in [2.24, 2.45) is 0 Å². The van der Waals surface area contributed by atoms with Gasteiger partial charge in [-0.05, 0) is 15.9 Å². The number of nitrogens with zero attached hydrogens (tertiary/aromatic N) is 1. The number of H-pyrrole nitrogens is 1. The second-order valence-corrected chi connectivity index (χ2v) is 4.25. The van der Waals surface area contributed by atoms with E-state index in [4.69, 9.17) is 14.2 Å². The highest BCUT2D eigenvalue weighted by molar-refractivity contribution is 9.10. The van der Waals surface area contributed by atoms with E-state index < -0.39 is 0 Å². The van der Waals surface area contributed by atoms with Gasteiger partial charge in [-0.25, -0.2) is 4.98 Å². The molecule has 0 fully saturated rings. The summed E-state index contributed by atoms with van der Waals surface area (Å²) < 4.78 is 16.6. The number of ether oxygens (including phenoxy) is 3. The fourth-order valence-electron chi connectivity index (χ4n) is 1.70. The van der Waals surface area contributed by atoms with Crippen molar-refractivity contribution in [1.82, 2.24) is 9.97 Å². The normalized spacial score (nSPS) is 10.2. The van der Waals surface area contributed by atoms with Crippen LogP contribution in [0, 0.1) is 0 Å². The maximum atomic E-state index is 5.37. The molecule has 0 unspecified atom stereocenters. The van der Waals surface area contributed by atoms with E-state index in [0.717, 1.165) is 11.3 Å². The average Bonchev–Trinajstić information content (AvgIpc) is 2.83. The number of aromatic amines is 1. The SMILES string of the molecule is COc1cc(OC)c(-c2cnc(Br)[nH]2)c(OC)c1. The van der Waals surface area contributed by atoms with Crippen LogP contribution in [-0.4, -0.2) is 31.3 Å². The molecule has 0 spiro atoms. The standard InChI is InChI=1S/C12H13BrN2O3/c1-16-7-4-9(17-2)11(10(5-7)18-3)8-6-14-12(13)15-8/h4-6H,1-3H3,(H,14,15). The monoisotopic (exact) mass is 312 g/mol. The lowest BCUT2D eigenvalue weighted by Gasteiger charge is -2.13. The number of imidazole rings is 1. The van der Waals surface area contributed by atoms with E-state index in [2.05, 4.69) is 25.9 Å². The molecule has 1 heterocycles. The molecule has 1 N–H and O–H groups in total. The van der Waals surface area contributed by atoms with Gasteiger partial charge < -0.3 is 19.2 Å². The molecule has 0 amide bonds. The molecule has 6 heteroatoms. The highest BCUT2D eigenvalue weighted by atomic mass is 79.9. The highest BCUT2D eigenvalue weighted by Crippen LogP contribution is 2.41. The molecule has 5 nitrogen and oxygen atoms in total. The summed E-state index contributed by atoms with van der Waals surface area (Å²) in [4.78, 5) is 7.19. The number of rotatable bonds is 4. The molecule has 0 aliphatic heterocycles. The number of hydrogen-bond donors (Lipinski definition) is 1. The Hall–Kier alpha value is -1.69. The van der Waals surface area contributed by atoms with Crippen LogP contribution in [-0.2, 0) is 0 Å². The summed E-state index contributed by atoms with van der Waals surface area (Å²) in [6.45, 7) is 0. The van der Waals surface area contributed by atoms with Crippen LogP contribution in [0.15, 0.2) is 23.1 Å². The number of halogens is 1. The molecule has 0 bridgehead atoms. The molecular formula is C12H13BrN2O3. The summed E-state index contributed by atoms with van der Waals surface area (Å²) in [5.74, 6) is 1.98. The van der Waals surface area contributed by atoms with E-state index in [-0.39, 0.29) is 0 Å². The van der Waals surface area contributed by atoms with Crippen LogP contribution in [0.4, 0.5) is 0 Å². The minimum Gasteiger partial charge on any atom is -0.496 e. The van der Waals surface area contributed by atoms with Crippen LogP contribution in [0.5, 0.6) is 17.2 Å². The van der Waals surface area contributed by atoms with Gasteiger partial charge in [-0.1, -0.05) is 0 Å². The molecule has 0 aliphatic rings. The van der Waals surface area contributed by atoms with Crippen molar-refractivity contribution in [3.05, 3.63) is 23.1 Å². The number of aromatic nitrogens is 2. The third kappa shape index (κ3) is 2.28. The van der Waals surface area contributed by atoms with Gasteiger partial charge in [0.1, 0.15) is 17.2 Å². The highest BCUT2D eigenvalue weighted by Gasteiger charge is 2.16. The molecule has 2 aromatic rings. The smallest absolute Gasteiger partial charge is 0.174 e. The molecule has 0 aliphatic carbocycles. The van der Waals surface area contributed by atoms with E-state index in [1.807, 2.05) is 0 Å². The molecule has 0 atom stereocenters. The zero-order chi connectivity index (χ0) is 13.1. The summed E-state index contributed by atoms with van der Waals surface area (Å²) in [6, 6.07) is 3.60. The van der Waals surface area contributed by atoms with Gasteiger partial charge in [-0.15, -0.1) is 0 Å². The number of methoxy groups -OCH3 is 3. The lowest BCUT2D eigenvalue weighted by atomic mass is 10.1. The van der Waals surface area contributed by atoms with Gasteiger partial charge in [-0.3, -0.25) is 0 Å². The van der Waals surface area contributed by atoms with Crippen LogP contribution >= 0.6 is 15.9 Å². The minimum atomic E-state index is 0.650. The van der Waals surface area contributed by atoms with E-state index >= 15 is 0 Å². The van der Waals surface area contributed by atoms with Crippen molar-refractivity contribution in [1.29, 1.82) is 0 Å². The average molecular weight is 313 g/mol. The van der Waals surface area contributed by atoms with Gasteiger partial charge in [-0.2, -0.15) is 0 Å². The summed E-state index contributed by atoms with van der Waals surface area (Å²) in [7, 11) is 4.80. The van der Waals surface area contributed by atoms with Gasteiger partial charge in [0.05, 0.1) is 38.8 Å². The Labute approximate surface area is 113 Å². The number of nitrogens with one attached hydrogen (secondary N) is 1. The lowest BCUT2D eigenvalue weighted by molar-refractivity contribution is 0.377. The predicted octanol–water partition coefficient (Wildman–Crippen LogP) is 2.87. The van der Waals surface area contributed by atoms with Gasteiger partial charge in [0.15, 0.2) is 4.73 Å². The first-order valence-corrected chi connectivity index (χ1v) is 5.99. The second kappa shape index (κ2) is 5.30. The van der Waals surface area contributed by atoms with Crippen molar-refractivity contribution in [2.75, 3.05) is 21.3 Å². The summed E-state index contributed by atoms with van der Waals surface area (Å²) >= 11 is 3.28. The summed E-state index contributed by atoms with van der Waals surface area (Å²) in [5.41, 5.74) is 1.61. The summed E-state index contributed by atoms with van der Waals surface area (Å²) in [5, 5.41) is 0. The maximum Gasteiger partial charge on any atom is 0.174 e. The fraction of sp³-hybridized carbons (Fsp3) is 0.250. The van der Waals surface area contributed by atoms with Crippen LogP contribution in [0.1, 0.15) is 0 Å². The molecule has 0 saturated carbocycles. The second-order valence-electron chi connectivity index (χ2n) is 3.49. The zero-order valence-electron chi connectivity index (χ0n) is 10.3. The van der Waals surface area contributed by atoms with Crippen molar-refractivity contribution in [3.8, 4) is 28.5 Å². The molecule has 18 heavy (non-hydrogen) atoms. The Kier molecular flexibility index (Phi) is 3.76. The van der Waals surface area contributed by atoms with Crippen LogP contribution < -0.4 is 14.2 Å². The van der Waals surface area contributed by atoms with Crippen molar-refractivity contribution in [2.45, 2.75) is 0 Å². The summed E-state index contributed by atoms with van der Waals surface area (Å²) in [6.07, 6.45) is 1.71. The predicted molar refractivity (Wildman–Crippen MR) is 71.4 cm³/mol. The first-order chi connectivity index (χ1) is 8.69. The van der Waals surface area contributed by atoms with Gasteiger partial charge in [0.25, 0.3) is 0 Å². The molecule has 1 aromatic carbocycles. The Morgan fingerprint density at radius 2 is 1.67 bits per heavy atom. The number of benzene rings is 1.